The number of thiol groups is 1. The molecule has 2 unspecified atom stereocenters. The van der Waals surface area contributed by atoms with Gasteiger partial charge in [0.25, 0.3) is 11.1 Å². The smallest absolute Gasteiger partial charge is 0.386 e. The van der Waals surface area contributed by atoms with Crippen molar-refractivity contribution in [3.63, 3.8) is 0 Å². The highest BCUT2D eigenvalue weighted by Crippen LogP contribution is 2.58. The summed E-state index contributed by atoms with van der Waals surface area (Å²) in [5, 5.41) is 11.4. The molecule has 6 N–H and O–H groups in total. The van der Waals surface area contributed by atoms with Crippen LogP contribution in [0.4, 0.5) is 10.3 Å². The van der Waals surface area contributed by atoms with E-state index >= 15 is 4.39 Å². The Balaban J connectivity index is 1.13. The number of nitrogen functional groups attached to an aromatic ring is 1. The maximum atomic E-state index is 15.9. The van der Waals surface area contributed by atoms with E-state index < -0.39 is 87.0 Å². The third kappa shape index (κ3) is 5.32. The maximum Gasteiger partial charge on any atom is 0.386 e. The molecule has 3 aliphatic heterocycles. The fraction of sp³-hybridized carbons (Fsp3) is 0.455. The Morgan fingerprint density at radius 3 is 2.52 bits per heavy atom. The minimum Gasteiger partial charge on any atom is -0.386 e. The number of H-pyrrole nitrogens is 2. The Kier molecular flexibility index (Phi) is 7.67. The molecular weight excluding hydrogens is 725 g/mol. The van der Waals surface area contributed by atoms with E-state index in [9.17, 15) is 24.2 Å². The molecule has 26 heteroatoms. The van der Waals surface area contributed by atoms with Crippen molar-refractivity contribution in [2.45, 2.75) is 49.1 Å². The molecule has 5 aromatic rings. The Bertz CT molecular complexity index is 2300. The van der Waals surface area contributed by atoms with Crippen LogP contribution < -0.4 is 16.9 Å². The van der Waals surface area contributed by atoms with Crippen LogP contribution in [0.3, 0.4) is 0 Å². The molecule has 0 radical (unpaired) electrons. The monoisotopic (exact) mass is 748 g/mol. The average molecular weight is 749 g/mol. The van der Waals surface area contributed by atoms with Gasteiger partial charge in [-0.3, -0.25) is 46.7 Å². The van der Waals surface area contributed by atoms with Gasteiger partial charge in [-0.1, -0.05) is 12.2 Å². The number of anilines is 1. The fourth-order valence-corrected chi connectivity index (χ4v) is 8.78. The predicted octanol–water partition coefficient (Wildman–Crippen LogP) is -0.347. The van der Waals surface area contributed by atoms with Gasteiger partial charge in [-0.15, -0.1) is 0 Å². The molecule has 0 aromatic carbocycles. The number of imidazole rings is 3. The highest BCUT2D eigenvalue weighted by Gasteiger charge is 2.53. The molecule has 0 saturated carbocycles. The van der Waals surface area contributed by atoms with Gasteiger partial charge in [-0.05, 0) is 11.8 Å². The Morgan fingerprint density at radius 1 is 1.00 bits per heavy atom. The largest absolute Gasteiger partial charge is 0.386 e. The van der Waals surface area contributed by atoms with Crippen LogP contribution in [0.5, 0.6) is 0 Å². The standard InChI is InChI=1S/C22H23FN10O11P2S2/c23-9-7-3-39-45(37,47)43-13-8(42-19(12(13)34)33-6-27-11-17(36)30-22-25-1-2-31(22)18(11)33)4-40-46(38,48)44-14(9)20(41-7)32-5-26-10-15(32)28-21(24)29-16(10)35/h1-2,5-9,12-14,19-20,34H,3-4H2,(H,37,47)(H,38,48)(H,25,30,36)(H3,24,28,29,35)/t7-,8-,9-,12-,13-,14-,19-,20-,45?,46?/m1/s1. The minimum atomic E-state index is -4.49. The SMILES string of the molecule is Nc1nc2c(ncn2[C@@H]2O[C@@H]3COP(O)(=S)O[C@H]4[C@@H](O)[C@H](n5cnc6c(=O)[nH]c7nccn7c65)O[C@@H]4COP(=O)(S)O[C@@H]2[C@@H]3F)c(=O)[nH]1. The van der Waals surface area contributed by atoms with Crippen LogP contribution in [0.15, 0.2) is 34.6 Å². The van der Waals surface area contributed by atoms with Gasteiger partial charge in [0.05, 0.1) is 25.9 Å². The molecule has 0 spiro atoms. The summed E-state index contributed by atoms with van der Waals surface area (Å²) in [5.41, 5.74) is 4.41. The van der Waals surface area contributed by atoms with Crippen LogP contribution >= 0.6 is 25.8 Å². The van der Waals surface area contributed by atoms with E-state index in [1.165, 1.54) is 21.5 Å². The Hall–Kier alpha value is -3.12. The number of alkyl halides is 1. The summed E-state index contributed by atoms with van der Waals surface area (Å²) in [7, 11) is 0. The van der Waals surface area contributed by atoms with E-state index in [0.29, 0.717) is 0 Å². The van der Waals surface area contributed by atoms with Gasteiger partial charge >= 0.3 is 13.5 Å². The van der Waals surface area contributed by atoms with Crippen molar-refractivity contribution in [2.24, 2.45) is 0 Å². The summed E-state index contributed by atoms with van der Waals surface area (Å²) in [5.74, 6) is -0.0752. The first-order valence-electron chi connectivity index (χ1n) is 13.9. The molecule has 8 rings (SSSR count). The second-order valence-corrected chi connectivity index (χ2v) is 16.6. The second kappa shape index (κ2) is 11.5. The van der Waals surface area contributed by atoms with Gasteiger partial charge in [-0.25, -0.2) is 23.9 Å². The normalized spacial score (nSPS) is 36.2. The van der Waals surface area contributed by atoms with E-state index in [2.05, 4.69) is 42.2 Å². The van der Waals surface area contributed by atoms with Gasteiger partial charge in [0.2, 0.25) is 11.7 Å². The molecule has 3 aliphatic rings. The first kappa shape index (κ1) is 32.1. The number of aliphatic hydroxyl groups is 1. The highest BCUT2D eigenvalue weighted by molar-refractivity contribution is 8.44. The summed E-state index contributed by atoms with van der Waals surface area (Å²) in [6.45, 7) is -10.1. The summed E-state index contributed by atoms with van der Waals surface area (Å²) < 4.78 is 67.6. The Morgan fingerprint density at radius 2 is 1.71 bits per heavy atom. The van der Waals surface area contributed by atoms with E-state index in [0.717, 1.165) is 10.9 Å². The van der Waals surface area contributed by atoms with Gasteiger partial charge in [0.1, 0.15) is 30.5 Å². The zero-order chi connectivity index (χ0) is 33.7. The predicted molar refractivity (Wildman–Crippen MR) is 165 cm³/mol. The zero-order valence-corrected chi connectivity index (χ0v) is 27.2. The molecule has 8 heterocycles. The van der Waals surface area contributed by atoms with Gasteiger partial charge in [0.15, 0.2) is 41.0 Å². The van der Waals surface area contributed by atoms with Crippen LogP contribution in [0.1, 0.15) is 12.5 Å². The van der Waals surface area contributed by atoms with Gasteiger partial charge in [-0.2, -0.15) is 4.98 Å². The lowest BCUT2D eigenvalue weighted by Gasteiger charge is -2.27. The quantitative estimate of drug-likeness (QED) is 0.0995. The minimum absolute atomic E-state index is 0.00144. The van der Waals surface area contributed by atoms with Crippen molar-refractivity contribution in [3.8, 4) is 0 Å². The molecule has 48 heavy (non-hydrogen) atoms. The number of aliphatic hydroxyl groups excluding tert-OH is 1. The third-order valence-corrected chi connectivity index (χ3v) is 11.1. The fourth-order valence-electron chi connectivity index (χ4n) is 5.88. The molecule has 3 saturated heterocycles. The van der Waals surface area contributed by atoms with Gasteiger partial charge < -0.3 is 29.7 Å². The number of halogens is 1. The number of nitrogens with zero attached hydrogens (tertiary/aromatic N) is 7. The molecule has 21 nitrogen and oxygen atoms in total. The number of nitrogens with one attached hydrogen (secondary N) is 2. The van der Waals surface area contributed by atoms with Crippen molar-refractivity contribution >= 4 is 71.6 Å². The number of ether oxygens (including phenoxy) is 2. The van der Waals surface area contributed by atoms with Crippen molar-refractivity contribution in [1.82, 2.24) is 43.4 Å². The van der Waals surface area contributed by atoms with E-state index in [-0.39, 0.29) is 34.1 Å². The third-order valence-electron chi connectivity index (χ3n) is 7.96. The average Bonchev–Trinajstić information content (AvgIpc) is 3.84. The molecule has 0 amide bonds. The van der Waals surface area contributed by atoms with E-state index in [1.807, 2.05) is 0 Å². The van der Waals surface area contributed by atoms with Gasteiger partial charge in [0, 0.05) is 12.4 Å². The molecule has 5 aromatic heterocycles. The number of hydrogen-bond donors (Lipinski definition) is 6. The Labute approximate surface area is 275 Å². The lowest BCUT2D eigenvalue weighted by Crippen LogP contribution is -2.36. The maximum absolute atomic E-state index is 15.9. The summed E-state index contributed by atoms with van der Waals surface area (Å²) >= 11 is 9.24. The molecular formula is C22H23FN10O11P2S2. The van der Waals surface area contributed by atoms with Crippen LogP contribution in [-0.2, 0) is 43.9 Å². The topological polar surface area (TPSA) is 270 Å². The van der Waals surface area contributed by atoms with Crippen LogP contribution in [0, 0.1) is 0 Å². The van der Waals surface area contributed by atoms with Crippen LogP contribution in [0.25, 0.3) is 28.1 Å². The molecule has 2 bridgehead atoms. The lowest BCUT2D eigenvalue weighted by molar-refractivity contribution is -0.0584. The van der Waals surface area contributed by atoms with Crippen molar-refractivity contribution in [1.29, 1.82) is 0 Å². The number of aromatic amines is 2. The highest BCUT2D eigenvalue weighted by atomic mass is 32.7. The second-order valence-electron chi connectivity index (χ2n) is 10.9. The molecule has 0 aliphatic carbocycles. The van der Waals surface area contributed by atoms with Crippen molar-refractivity contribution < 1.29 is 46.5 Å². The van der Waals surface area contributed by atoms with Crippen molar-refractivity contribution in [3.05, 3.63) is 45.8 Å². The first-order chi connectivity index (χ1) is 22.8. The molecule has 256 valence electrons. The molecule has 10 atom stereocenters. The summed E-state index contributed by atoms with van der Waals surface area (Å²) in [6.07, 6.45) is -7.13. The van der Waals surface area contributed by atoms with E-state index in [1.54, 1.807) is 6.20 Å². The van der Waals surface area contributed by atoms with Crippen molar-refractivity contribution in [2.75, 3.05) is 18.9 Å². The summed E-state index contributed by atoms with van der Waals surface area (Å²) in [6, 6.07) is 0. The number of aromatic nitrogens is 9. The van der Waals surface area contributed by atoms with E-state index in [4.69, 9.17) is 45.1 Å². The zero-order valence-electron chi connectivity index (χ0n) is 23.7. The number of fused-ring (bicyclic) bond motifs is 7. The first-order valence-corrected chi connectivity index (χ1v) is 19.2. The van der Waals surface area contributed by atoms with Crippen LogP contribution in [-0.4, -0.2) is 103 Å². The number of hydrogen-bond acceptors (Lipinski definition) is 16. The number of nitrogens with two attached hydrogens (primary N) is 1. The molecule has 3 fully saturated rings. The summed E-state index contributed by atoms with van der Waals surface area (Å²) in [4.78, 5) is 57.1. The lowest BCUT2D eigenvalue weighted by atomic mass is 10.1. The van der Waals surface area contributed by atoms with Crippen LogP contribution in [0.2, 0.25) is 0 Å². The number of rotatable bonds is 2.